The second-order valence-corrected chi connectivity index (χ2v) is 8.24. The maximum absolute atomic E-state index is 10.6. The molecule has 3 heterocycles. The summed E-state index contributed by atoms with van der Waals surface area (Å²) in [7, 11) is 0. The zero-order chi connectivity index (χ0) is 25.0. The highest BCUT2D eigenvalue weighted by atomic mass is 35.5. The van der Waals surface area contributed by atoms with Crippen LogP contribution < -0.4 is 0 Å². The molecule has 0 saturated heterocycles. The predicted molar refractivity (Wildman–Crippen MR) is 122 cm³/mol. The molecule has 0 radical (unpaired) electrons. The third-order valence-electron chi connectivity index (χ3n) is 5.40. The molecule has 0 saturated carbocycles. The summed E-state index contributed by atoms with van der Waals surface area (Å²) in [6.45, 7) is 2.80. The van der Waals surface area contributed by atoms with E-state index in [-0.39, 0.29) is 0 Å². The van der Waals surface area contributed by atoms with Gasteiger partial charge < -0.3 is 5.11 Å². The number of aromatic nitrogens is 5. The number of aliphatic carboxylic acids is 1. The number of H-pyrrole nitrogens is 1. The number of carbonyl (C=O) groups is 1. The molecule has 8 nitrogen and oxygen atoms in total. The normalized spacial score (nSPS) is 13.6. The number of carboxylic acids is 1. The molecule has 12 heteroatoms. The van der Waals surface area contributed by atoms with E-state index >= 15 is 0 Å². The molecule has 1 aliphatic rings. The zero-order valence-corrected chi connectivity index (χ0v) is 19.0. The van der Waals surface area contributed by atoms with Gasteiger partial charge in [-0.25, -0.2) is 14.5 Å². The first-order valence-corrected chi connectivity index (χ1v) is 10.9. The summed E-state index contributed by atoms with van der Waals surface area (Å²) >= 11 is 6.03. The summed E-state index contributed by atoms with van der Waals surface area (Å²) in [5, 5.41) is 19.8. The molecule has 35 heavy (non-hydrogen) atoms. The summed E-state index contributed by atoms with van der Waals surface area (Å²) in [5.41, 5.74) is 6.94. The average Bonchev–Trinajstić information content (AvgIpc) is 3.50. The summed E-state index contributed by atoms with van der Waals surface area (Å²) in [6.07, 6.45) is -0.853. The molecule has 0 atom stereocenters. The van der Waals surface area contributed by atoms with Crippen molar-refractivity contribution in [3.05, 3.63) is 83.0 Å². The zero-order valence-electron chi connectivity index (χ0n) is 18.2. The Bertz CT molecular complexity index is 1270. The van der Waals surface area contributed by atoms with Gasteiger partial charge in [0.05, 0.1) is 11.4 Å². The fourth-order valence-electron chi connectivity index (χ4n) is 3.69. The molecule has 0 fully saturated rings. The molecule has 0 bridgehead atoms. The molecule has 5 rings (SSSR count). The Morgan fingerprint density at radius 3 is 2.40 bits per heavy atom. The minimum Gasteiger partial charge on any atom is -0.475 e. The number of benzene rings is 2. The number of halogens is 4. The Morgan fingerprint density at radius 2 is 1.80 bits per heavy atom. The molecular formula is C23H20ClF3N6O2. The van der Waals surface area contributed by atoms with E-state index in [1.807, 2.05) is 24.3 Å². The van der Waals surface area contributed by atoms with Crippen LogP contribution in [0, 0.1) is 0 Å². The summed E-state index contributed by atoms with van der Waals surface area (Å²) in [6, 6.07) is 16.3. The van der Waals surface area contributed by atoms with Crippen LogP contribution in [0.3, 0.4) is 0 Å². The SMILES string of the molecule is Clc1ccc(-c2n[nH]c3c2CN(Cc2ccc(-n4cncn4)cc2)CC3)cc1.O=C(O)C(F)(F)F. The molecule has 2 N–H and O–H groups in total. The van der Waals surface area contributed by atoms with Gasteiger partial charge in [-0.1, -0.05) is 35.9 Å². The van der Waals surface area contributed by atoms with Gasteiger partial charge in [-0.3, -0.25) is 10.00 Å². The van der Waals surface area contributed by atoms with E-state index in [9.17, 15) is 13.2 Å². The number of fused-ring (bicyclic) bond motifs is 1. The quantitative estimate of drug-likeness (QED) is 0.424. The van der Waals surface area contributed by atoms with E-state index in [1.165, 1.54) is 16.8 Å². The van der Waals surface area contributed by atoms with E-state index in [1.54, 1.807) is 17.3 Å². The summed E-state index contributed by atoms with van der Waals surface area (Å²) in [5.74, 6) is -2.76. The first-order valence-electron chi connectivity index (χ1n) is 10.5. The van der Waals surface area contributed by atoms with Crippen LogP contribution in [0.25, 0.3) is 16.9 Å². The lowest BCUT2D eigenvalue weighted by Crippen LogP contribution is -2.30. The second kappa shape index (κ2) is 10.3. The van der Waals surface area contributed by atoms with Crippen molar-refractivity contribution < 1.29 is 23.1 Å². The standard InChI is InChI=1S/C21H19ClN6.C2HF3O2/c22-17-5-3-16(4-6-17)21-19-12-27(10-9-20(19)25-26-21)11-15-1-7-18(8-2-15)28-14-23-13-24-28;3-2(4,5)1(6)7/h1-8,13-14H,9-12H2,(H,25,26);(H,6,7). The van der Waals surface area contributed by atoms with Crippen molar-refractivity contribution >= 4 is 17.6 Å². The molecule has 0 amide bonds. The Labute approximate surface area is 203 Å². The van der Waals surface area contributed by atoms with Gasteiger partial charge in [0, 0.05) is 47.9 Å². The van der Waals surface area contributed by atoms with Gasteiger partial charge in [0.15, 0.2) is 0 Å². The molecule has 0 spiro atoms. The summed E-state index contributed by atoms with van der Waals surface area (Å²) < 4.78 is 33.5. The number of aromatic amines is 1. The van der Waals surface area contributed by atoms with Crippen molar-refractivity contribution in [2.75, 3.05) is 6.54 Å². The van der Waals surface area contributed by atoms with Crippen LogP contribution in [0.1, 0.15) is 16.8 Å². The van der Waals surface area contributed by atoms with Crippen molar-refractivity contribution in [3.8, 4) is 16.9 Å². The molecule has 0 aliphatic carbocycles. The highest BCUT2D eigenvalue weighted by Crippen LogP contribution is 2.29. The van der Waals surface area contributed by atoms with Crippen LogP contribution >= 0.6 is 11.6 Å². The Morgan fingerprint density at radius 1 is 1.11 bits per heavy atom. The highest BCUT2D eigenvalue weighted by Gasteiger charge is 2.38. The van der Waals surface area contributed by atoms with Gasteiger partial charge in [0.25, 0.3) is 0 Å². The van der Waals surface area contributed by atoms with Gasteiger partial charge >= 0.3 is 12.1 Å². The fraction of sp³-hybridized carbons (Fsp3) is 0.217. The molecule has 2 aromatic heterocycles. The van der Waals surface area contributed by atoms with E-state index in [2.05, 4.69) is 49.4 Å². The Kier molecular flexibility index (Phi) is 7.17. The topological polar surface area (TPSA) is 99.9 Å². The highest BCUT2D eigenvalue weighted by molar-refractivity contribution is 6.30. The first kappa shape index (κ1) is 24.4. The van der Waals surface area contributed by atoms with Crippen LogP contribution in [-0.4, -0.2) is 53.7 Å². The first-order chi connectivity index (χ1) is 16.7. The maximum Gasteiger partial charge on any atom is 0.490 e. The molecule has 2 aromatic carbocycles. The lowest BCUT2D eigenvalue weighted by molar-refractivity contribution is -0.192. The number of alkyl halides is 3. The van der Waals surface area contributed by atoms with Crippen LogP contribution in [-0.2, 0) is 24.3 Å². The van der Waals surface area contributed by atoms with Crippen LogP contribution in [0.4, 0.5) is 13.2 Å². The fourth-order valence-corrected chi connectivity index (χ4v) is 3.81. The van der Waals surface area contributed by atoms with Crippen LogP contribution in [0.2, 0.25) is 5.02 Å². The maximum atomic E-state index is 10.6. The van der Waals surface area contributed by atoms with Crippen molar-refractivity contribution in [3.63, 3.8) is 0 Å². The Balaban J connectivity index is 0.000000364. The minimum atomic E-state index is -5.08. The largest absolute Gasteiger partial charge is 0.490 e. The lowest BCUT2D eigenvalue weighted by Gasteiger charge is -2.27. The minimum absolute atomic E-state index is 0.740. The van der Waals surface area contributed by atoms with Gasteiger partial charge in [-0.2, -0.15) is 23.4 Å². The second-order valence-electron chi connectivity index (χ2n) is 7.81. The summed E-state index contributed by atoms with van der Waals surface area (Å²) in [4.78, 5) is 15.4. The van der Waals surface area contributed by atoms with Gasteiger partial charge in [0.1, 0.15) is 12.7 Å². The van der Waals surface area contributed by atoms with E-state index < -0.39 is 12.1 Å². The van der Waals surface area contributed by atoms with Crippen molar-refractivity contribution in [1.29, 1.82) is 0 Å². The number of nitrogens with one attached hydrogen (secondary N) is 1. The van der Waals surface area contributed by atoms with E-state index in [0.717, 1.165) is 48.0 Å². The van der Waals surface area contributed by atoms with Gasteiger partial charge in [-0.15, -0.1) is 0 Å². The van der Waals surface area contributed by atoms with Crippen molar-refractivity contribution in [2.45, 2.75) is 25.7 Å². The molecule has 4 aromatic rings. The lowest BCUT2D eigenvalue weighted by atomic mass is 10.0. The number of carboxylic acid groups (broad SMARTS) is 1. The monoisotopic (exact) mass is 504 g/mol. The third-order valence-corrected chi connectivity index (χ3v) is 5.65. The molecule has 182 valence electrons. The smallest absolute Gasteiger partial charge is 0.475 e. The predicted octanol–water partition coefficient (Wildman–Crippen LogP) is 4.50. The number of rotatable bonds is 4. The van der Waals surface area contributed by atoms with Crippen LogP contribution in [0.5, 0.6) is 0 Å². The average molecular weight is 505 g/mol. The van der Waals surface area contributed by atoms with Crippen molar-refractivity contribution in [2.24, 2.45) is 0 Å². The number of hydrogen-bond donors (Lipinski definition) is 2. The third kappa shape index (κ3) is 6.06. The van der Waals surface area contributed by atoms with E-state index in [4.69, 9.17) is 21.5 Å². The van der Waals surface area contributed by atoms with Crippen molar-refractivity contribution in [1.82, 2.24) is 29.9 Å². The molecular weight excluding hydrogens is 485 g/mol. The molecule has 1 aliphatic heterocycles. The van der Waals surface area contributed by atoms with Gasteiger partial charge in [0.2, 0.25) is 0 Å². The Hall–Kier alpha value is -3.70. The number of nitrogens with zero attached hydrogens (tertiary/aromatic N) is 5. The van der Waals surface area contributed by atoms with E-state index in [0.29, 0.717) is 0 Å². The number of hydrogen-bond acceptors (Lipinski definition) is 5. The molecule has 0 unspecified atom stereocenters. The van der Waals surface area contributed by atoms with Gasteiger partial charge in [-0.05, 0) is 29.8 Å². The van der Waals surface area contributed by atoms with Crippen LogP contribution in [0.15, 0.2) is 61.2 Å².